The van der Waals surface area contributed by atoms with Crippen molar-refractivity contribution in [2.45, 2.75) is 33.2 Å². The Morgan fingerprint density at radius 1 is 1.09 bits per heavy atom. The molecule has 9 heteroatoms. The first-order chi connectivity index (χ1) is 16.8. The molecule has 4 rings (SSSR count). The van der Waals surface area contributed by atoms with Crippen LogP contribution in [0, 0.1) is 6.92 Å². The number of Topliss-reactive ketones (excluding diaryl/α,β-unsaturated/α-hetero) is 1. The molecular weight excluding hydrogens is 452 g/mol. The van der Waals surface area contributed by atoms with Gasteiger partial charge in [-0.25, -0.2) is 0 Å². The van der Waals surface area contributed by atoms with Crippen LogP contribution < -0.4 is 14.4 Å². The highest BCUT2D eigenvalue weighted by Gasteiger charge is 2.48. The molecule has 182 valence electrons. The molecule has 1 atom stereocenters. The number of aromatic hydroxyl groups is 1. The fraction of sp³-hybridized carbons (Fsp3) is 0.269. The van der Waals surface area contributed by atoms with Gasteiger partial charge >= 0.3 is 5.91 Å². The van der Waals surface area contributed by atoms with Crippen molar-refractivity contribution in [2.24, 2.45) is 0 Å². The van der Waals surface area contributed by atoms with E-state index in [0.29, 0.717) is 35.9 Å². The molecule has 2 heterocycles. The van der Waals surface area contributed by atoms with Crippen LogP contribution in [0.15, 0.2) is 58.6 Å². The van der Waals surface area contributed by atoms with E-state index in [1.165, 1.54) is 23.1 Å². The summed E-state index contributed by atoms with van der Waals surface area (Å²) >= 11 is 0. The minimum absolute atomic E-state index is 0.0903. The minimum atomic E-state index is -1.03. The molecule has 0 aliphatic carbocycles. The third-order valence-electron chi connectivity index (χ3n) is 5.51. The third kappa shape index (κ3) is 4.57. The molecule has 9 nitrogen and oxygen atoms in total. The summed E-state index contributed by atoms with van der Waals surface area (Å²) in [4.78, 5) is 27.5. The Morgan fingerprint density at radius 2 is 1.83 bits per heavy atom. The number of phenolic OH excluding ortho intramolecular Hbond substituents is 1. The molecule has 0 unspecified atom stereocenters. The van der Waals surface area contributed by atoms with E-state index in [1.807, 2.05) is 6.92 Å². The monoisotopic (exact) mass is 478 g/mol. The van der Waals surface area contributed by atoms with Gasteiger partial charge in [-0.2, -0.15) is 0 Å². The maximum Gasteiger partial charge on any atom is 0.301 e. The highest BCUT2D eigenvalue weighted by atomic mass is 16.5. The maximum atomic E-state index is 13.2. The number of aryl methyl sites for hydroxylation is 1. The lowest BCUT2D eigenvalue weighted by atomic mass is 9.95. The predicted octanol–water partition coefficient (Wildman–Crippen LogP) is 4.50. The standard InChI is InChI=1S/C26H26N2O7/c1-4-12-34-18-9-6-16(7-10-18)24(30)22-23(17-8-11-19(29)20(14-17)33-5-2)28(26(32)25(22)31)21-13-15(3)35-27-21/h6-11,13-14,23,29-30H,4-5,12H2,1-3H3/b24-22+/t23-/m1/s1. The summed E-state index contributed by atoms with van der Waals surface area (Å²) in [6.45, 7) is 6.28. The van der Waals surface area contributed by atoms with Crippen LogP contribution in [0.1, 0.15) is 43.2 Å². The average Bonchev–Trinajstić information content (AvgIpc) is 3.39. The Morgan fingerprint density at radius 3 is 2.46 bits per heavy atom. The zero-order chi connectivity index (χ0) is 25.1. The maximum absolute atomic E-state index is 13.2. The summed E-state index contributed by atoms with van der Waals surface area (Å²) in [7, 11) is 0. The number of nitrogens with zero attached hydrogens (tertiary/aromatic N) is 2. The van der Waals surface area contributed by atoms with Crippen molar-refractivity contribution in [1.29, 1.82) is 0 Å². The summed E-state index contributed by atoms with van der Waals surface area (Å²) in [6, 6.07) is 11.6. The molecule has 0 bridgehead atoms. The lowest BCUT2D eigenvalue weighted by Gasteiger charge is -2.23. The van der Waals surface area contributed by atoms with Gasteiger partial charge in [0.25, 0.3) is 5.78 Å². The Kier molecular flexibility index (Phi) is 6.77. The van der Waals surface area contributed by atoms with Crippen molar-refractivity contribution in [3.8, 4) is 17.2 Å². The van der Waals surface area contributed by atoms with Crippen LogP contribution >= 0.6 is 0 Å². The Balaban J connectivity index is 1.86. The molecule has 1 fully saturated rings. The molecule has 3 aromatic rings. The SMILES string of the molecule is CCCOc1ccc(/C(O)=C2\C(=O)C(=O)N(c3cc(C)on3)[C@@H]2c2ccc(O)c(OCC)c2)cc1. The summed E-state index contributed by atoms with van der Waals surface area (Å²) in [5.74, 6) is -0.782. The highest BCUT2D eigenvalue weighted by Crippen LogP contribution is 2.43. The number of rotatable bonds is 8. The number of benzene rings is 2. The molecule has 1 aliphatic rings. The van der Waals surface area contributed by atoms with Crippen LogP contribution in [0.2, 0.25) is 0 Å². The lowest BCUT2D eigenvalue weighted by molar-refractivity contribution is -0.132. The van der Waals surface area contributed by atoms with E-state index in [-0.39, 0.29) is 28.6 Å². The first-order valence-electron chi connectivity index (χ1n) is 11.3. The van der Waals surface area contributed by atoms with E-state index in [4.69, 9.17) is 14.0 Å². The number of aromatic nitrogens is 1. The van der Waals surface area contributed by atoms with Crippen molar-refractivity contribution in [3.63, 3.8) is 0 Å². The topological polar surface area (TPSA) is 122 Å². The van der Waals surface area contributed by atoms with Crippen LogP contribution in [0.5, 0.6) is 17.2 Å². The summed E-state index contributed by atoms with van der Waals surface area (Å²) in [5, 5.41) is 25.3. The minimum Gasteiger partial charge on any atom is -0.507 e. The molecule has 0 saturated carbocycles. The van der Waals surface area contributed by atoms with E-state index in [9.17, 15) is 19.8 Å². The van der Waals surface area contributed by atoms with E-state index < -0.39 is 17.7 Å². The van der Waals surface area contributed by atoms with Gasteiger partial charge in [-0.3, -0.25) is 14.5 Å². The number of hydrogen-bond acceptors (Lipinski definition) is 8. The zero-order valence-electron chi connectivity index (χ0n) is 19.6. The van der Waals surface area contributed by atoms with E-state index in [1.54, 1.807) is 44.2 Å². The van der Waals surface area contributed by atoms with Gasteiger partial charge in [0.1, 0.15) is 17.3 Å². The fourth-order valence-corrected chi connectivity index (χ4v) is 3.91. The number of ketones is 1. The molecule has 2 aromatic carbocycles. The van der Waals surface area contributed by atoms with Crippen LogP contribution in [0.3, 0.4) is 0 Å². The van der Waals surface area contributed by atoms with Gasteiger partial charge in [0.2, 0.25) is 0 Å². The lowest BCUT2D eigenvalue weighted by Crippen LogP contribution is -2.29. The quantitative estimate of drug-likeness (QED) is 0.276. The molecule has 1 amide bonds. The molecule has 0 spiro atoms. The predicted molar refractivity (Wildman–Crippen MR) is 128 cm³/mol. The van der Waals surface area contributed by atoms with Crippen molar-refractivity contribution < 1.29 is 33.8 Å². The Labute approximate surface area is 202 Å². The number of amides is 1. The van der Waals surface area contributed by atoms with Crippen molar-refractivity contribution in [3.05, 3.63) is 71.0 Å². The summed E-state index contributed by atoms with van der Waals surface area (Å²) in [5.41, 5.74) is 0.665. The second kappa shape index (κ2) is 9.92. The van der Waals surface area contributed by atoms with Gasteiger partial charge in [-0.15, -0.1) is 0 Å². The van der Waals surface area contributed by atoms with Crippen molar-refractivity contribution >= 4 is 23.3 Å². The smallest absolute Gasteiger partial charge is 0.301 e. The number of anilines is 1. The third-order valence-corrected chi connectivity index (χ3v) is 5.51. The van der Waals surface area contributed by atoms with Crippen molar-refractivity contribution in [2.75, 3.05) is 18.1 Å². The van der Waals surface area contributed by atoms with Crippen molar-refractivity contribution in [1.82, 2.24) is 5.16 Å². The molecule has 1 aliphatic heterocycles. The van der Waals surface area contributed by atoms with E-state index in [0.717, 1.165) is 6.42 Å². The molecule has 1 aromatic heterocycles. The number of hydrogen-bond donors (Lipinski definition) is 2. The fourth-order valence-electron chi connectivity index (χ4n) is 3.91. The number of carbonyl (C=O) groups is 2. The first-order valence-corrected chi connectivity index (χ1v) is 11.3. The number of phenols is 1. The number of aliphatic hydroxyl groups excluding tert-OH is 1. The molecule has 35 heavy (non-hydrogen) atoms. The Bertz CT molecular complexity index is 1280. The number of ether oxygens (including phenoxy) is 2. The zero-order valence-corrected chi connectivity index (χ0v) is 19.6. The summed E-state index contributed by atoms with van der Waals surface area (Å²) in [6.07, 6.45) is 0.850. The van der Waals surface area contributed by atoms with Gasteiger partial charge in [0.15, 0.2) is 17.3 Å². The van der Waals surface area contributed by atoms with Crippen LogP contribution in [0.4, 0.5) is 5.82 Å². The number of aliphatic hydroxyl groups is 1. The normalized spacial score (nSPS) is 17.1. The molecule has 0 radical (unpaired) electrons. The van der Waals surface area contributed by atoms with Gasteiger partial charge in [0, 0.05) is 11.6 Å². The van der Waals surface area contributed by atoms with Gasteiger partial charge in [-0.05, 0) is 62.2 Å². The first kappa shape index (κ1) is 23.9. The van der Waals surface area contributed by atoms with Crippen LogP contribution in [-0.4, -0.2) is 40.3 Å². The van der Waals surface area contributed by atoms with Gasteiger partial charge < -0.3 is 24.2 Å². The van der Waals surface area contributed by atoms with Crippen LogP contribution in [-0.2, 0) is 9.59 Å². The van der Waals surface area contributed by atoms with Gasteiger partial charge in [0.05, 0.1) is 24.8 Å². The second-order valence-corrected chi connectivity index (χ2v) is 8.00. The largest absolute Gasteiger partial charge is 0.507 e. The molecule has 2 N–H and O–H groups in total. The number of carbonyl (C=O) groups excluding carboxylic acids is 2. The average molecular weight is 479 g/mol. The Hall–Kier alpha value is -4.27. The van der Waals surface area contributed by atoms with Gasteiger partial charge in [-0.1, -0.05) is 18.1 Å². The van der Waals surface area contributed by atoms with E-state index >= 15 is 0 Å². The van der Waals surface area contributed by atoms with E-state index in [2.05, 4.69) is 5.16 Å². The van der Waals surface area contributed by atoms with Crippen LogP contribution in [0.25, 0.3) is 5.76 Å². The summed E-state index contributed by atoms with van der Waals surface area (Å²) < 4.78 is 16.2. The molecule has 1 saturated heterocycles. The second-order valence-electron chi connectivity index (χ2n) is 8.00. The highest BCUT2D eigenvalue weighted by molar-refractivity contribution is 6.51. The molecular formula is C26H26N2O7.